The molecule has 0 spiro atoms. The molecule has 1 aliphatic carbocycles. The van der Waals surface area contributed by atoms with Crippen LogP contribution in [0.3, 0.4) is 0 Å². The zero-order chi connectivity index (χ0) is 12.3. The van der Waals surface area contributed by atoms with Crippen LogP contribution in [0.15, 0.2) is 12.3 Å². The molecule has 1 aromatic rings. The van der Waals surface area contributed by atoms with E-state index in [1.165, 1.54) is 30.4 Å². The molecule has 0 unspecified atom stereocenters. The fraction of sp³-hybridized carbons (Fsp3) is 0.643. The Bertz CT molecular complexity index is 372. The van der Waals surface area contributed by atoms with Crippen LogP contribution in [0.25, 0.3) is 0 Å². The van der Waals surface area contributed by atoms with Crippen molar-refractivity contribution in [3.63, 3.8) is 0 Å². The van der Waals surface area contributed by atoms with Gasteiger partial charge >= 0.3 is 0 Å². The molecule has 3 nitrogen and oxygen atoms in total. The van der Waals surface area contributed by atoms with Crippen molar-refractivity contribution in [2.24, 2.45) is 0 Å². The highest BCUT2D eigenvalue weighted by Gasteiger charge is 2.23. The van der Waals surface area contributed by atoms with Gasteiger partial charge in [-0.05, 0) is 49.9 Å². The SMILES string of the molecule is CCNCc1cnc(N(C)C2CCC2)c(C)c1. The van der Waals surface area contributed by atoms with Crippen LogP contribution in [-0.4, -0.2) is 24.6 Å². The van der Waals surface area contributed by atoms with E-state index in [0.717, 1.165) is 18.9 Å². The van der Waals surface area contributed by atoms with Crippen LogP contribution >= 0.6 is 0 Å². The van der Waals surface area contributed by atoms with Crippen molar-refractivity contribution in [3.05, 3.63) is 23.4 Å². The number of hydrogen-bond acceptors (Lipinski definition) is 3. The summed E-state index contributed by atoms with van der Waals surface area (Å²) in [5.74, 6) is 1.15. The van der Waals surface area contributed by atoms with Gasteiger partial charge in [0.15, 0.2) is 0 Å². The quantitative estimate of drug-likeness (QED) is 0.847. The molecule has 0 aromatic carbocycles. The first-order chi connectivity index (χ1) is 8.22. The monoisotopic (exact) mass is 233 g/mol. The van der Waals surface area contributed by atoms with Gasteiger partial charge in [-0.25, -0.2) is 4.98 Å². The van der Waals surface area contributed by atoms with Crippen LogP contribution in [0, 0.1) is 6.92 Å². The Labute approximate surface area is 104 Å². The van der Waals surface area contributed by atoms with E-state index in [4.69, 9.17) is 0 Å². The van der Waals surface area contributed by atoms with Crippen LogP contribution in [0.5, 0.6) is 0 Å². The molecule has 0 atom stereocenters. The summed E-state index contributed by atoms with van der Waals surface area (Å²) in [5, 5.41) is 3.33. The van der Waals surface area contributed by atoms with Gasteiger partial charge < -0.3 is 10.2 Å². The van der Waals surface area contributed by atoms with Crippen LogP contribution in [0.4, 0.5) is 5.82 Å². The number of hydrogen-bond donors (Lipinski definition) is 1. The van der Waals surface area contributed by atoms with Crippen molar-refractivity contribution in [2.75, 3.05) is 18.5 Å². The lowest BCUT2D eigenvalue weighted by Gasteiger charge is -2.36. The smallest absolute Gasteiger partial charge is 0.131 e. The number of aryl methyl sites for hydroxylation is 1. The number of nitrogens with zero attached hydrogens (tertiary/aromatic N) is 2. The Balaban J connectivity index is 2.07. The highest BCUT2D eigenvalue weighted by atomic mass is 15.2. The van der Waals surface area contributed by atoms with Gasteiger partial charge in [-0.15, -0.1) is 0 Å². The summed E-state index contributed by atoms with van der Waals surface area (Å²) in [6.07, 6.45) is 6.00. The molecule has 94 valence electrons. The van der Waals surface area contributed by atoms with Crippen molar-refractivity contribution in [1.29, 1.82) is 0 Å². The minimum Gasteiger partial charge on any atom is -0.356 e. The van der Waals surface area contributed by atoms with Crippen molar-refractivity contribution in [2.45, 2.75) is 45.7 Å². The maximum Gasteiger partial charge on any atom is 0.131 e. The fourth-order valence-electron chi connectivity index (χ4n) is 2.31. The average Bonchev–Trinajstić information content (AvgIpc) is 2.23. The Morgan fingerprint density at radius 2 is 2.24 bits per heavy atom. The van der Waals surface area contributed by atoms with E-state index in [2.05, 4.69) is 42.2 Å². The summed E-state index contributed by atoms with van der Waals surface area (Å²) in [7, 11) is 2.17. The van der Waals surface area contributed by atoms with Gasteiger partial charge in [0.1, 0.15) is 5.82 Å². The molecule has 1 aliphatic rings. The molecule has 0 bridgehead atoms. The van der Waals surface area contributed by atoms with Gasteiger partial charge in [-0.1, -0.05) is 6.92 Å². The van der Waals surface area contributed by atoms with Crippen molar-refractivity contribution < 1.29 is 0 Å². The van der Waals surface area contributed by atoms with Gasteiger partial charge in [-0.3, -0.25) is 0 Å². The molecule has 0 saturated heterocycles. The van der Waals surface area contributed by atoms with E-state index in [-0.39, 0.29) is 0 Å². The lowest BCUT2D eigenvalue weighted by molar-refractivity contribution is 0.399. The first-order valence-electron chi connectivity index (χ1n) is 6.61. The van der Waals surface area contributed by atoms with E-state index >= 15 is 0 Å². The van der Waals surface area contributed by atoms with Crippen LogP contribution < -0.4 is 10.2 Å². The molecule has 1 fully saturated rings. The molecule has 1 saturated carbocycles. The summed E-state index contributed by atoms with van der Waals surface area (Å²) >= 11 is 0. The molecule has 0 aliphatic heterocycles. The first kappa shape index (κ1) is 12.4. The largest absolute Gasteiger partial charge is 0.356 e. The van der Waals surface area contributed by atoms with Crippen LogP contribution in [0.1, 0.15) is 37.3 Å². The molecule has 17 heavy (non-hydrogen) atoms. The molecule has 0 radical (unpaired) electrons. The number of rotatable bonds is 5. The highest BCUT2D eigenvalue weighted by Crippen LogP contribution is 2.28. The third kappa shape index (κ3) is 2.78. The molecule has 1 heterocycles. The lowest BCUT2D eigenvalue weighted by Crippen LogP contribution is -2.38. The van der Waals surface area contributed by atoms with E-state index < -0.39 is 0 Å². The molecule has 3 heteroatoms. The lowest BCUT2D eigenvalue weighted by atomic mass is 9.91. The van der Waals surface area contributed by atoms with Crippen molar-refractivity contribution >= 4 is 5.82 Å². The van der Waals surface area contributed by atoms with Crippen molar-refractivity contribution in [3.8, 4) is 0 Å². The summed E-state index contributed by atoms with van der Waals surface area (Å²) in [6.45, 7) is 6.20. The number of nitrogens with one attached hydrogen (secondary N) is 1. The van der Waals surface area contributed by atoms with Crippen molar-refractivity contribution in [1.82, 2.24) is 10.3 Å². The van der Waals surface area contributed by atoms with E-state index in [1.807, 2.05) is 6.20 Å². The van der Waals surface area contributed by atoms with E-state index in [9.17, 15) is 0 Å². The normalized spacial score (nSPS) is 15.7. The molecule has 2 rings (SSSR count). The summed E-state index contributed by atoms with van der Waals surface area (Å²) in [6, 6.07) is 2.96. The summed E-state index contributed by atoms with van der Waals surface area (Å²) < 4.78 is 0. The number of aromatic nitrogens is 1. The van der Waals surface area contributed by atoms with Crippen LogP contribution in [-0.2, 0) is 6.54 Å². The highest BCUT2D eigenvalue weighted by molar-refractivity contribution is 5.48. The second-order valence-corrected chi connectivity index (χ2v) is 4.96. The van der Waals surface area contributed by atoms with Gasteiger partial charge in [-0.2, -0.15) is 0 Å². The third-order valence-electron chi connectivity index (χ3n) is 3.64. The van der Waals surface area contributed by atoms with Crippen LogP contribution in [0.2, 0.25) is 0 Å². The zero-order valence-electron chi connectivity index (χ0n) is 11.2. The summed E-state index contributed by atoms with van der Waals surface area (Å²) in [4.78, 5) is 6.96. The predicted molar refractivity (Wildman–Crippen MR) is 72.4 cm³/mol. The van der Waals surface area contributed by atoms with E-state index in [1.54, 1.807) is 0 Å². The maximum absolute atomic E-state index is 4.62. The Hall–Kier alpha value is -1.09. The van der Waals surface area contributed by atoms with E-state index in [0.29, 0.717) is 6.04 Å². The standard InChI is InChI=1S/C14H23N3/c1-4-15-9-12-8-11(2)14(16-10-12)17(3)13-6-5-7-13/h8,10,13,15H,4-7,9H2,1-3H3. The van der Waals surface area contributed by atoms with Gasteiger partial charge in [0.2, 0.25) is 0 Å². The van der Waals surface area contributed by atoms with Gasteiger partial charge in [0.05, 0.1) is 0 Å². The third-order valence-corrected chi connectivity index (χ3v) is 3.64. The Morgan fingerprint density at radius 1 is 1.47 bits per heavy atom. The first-order valence-corrected chi connectivity index (χ1v) is 6.61. The molecule has 1 N–H and O–H groups in total. The van der Waals surface area contributed by atoms with Gasteiger partial charge in [0, 0.05) is 25.8 Å². The Morgan fingerprint density at radius 3 is 2.76 bits per heavy atom. The number of pyridine rings is 1. The fourth-order valence-corrected chi connectivity index (χ4v) is 2.31. The minimum absolute atomic E-state index is 0.709. The zero-order valence-corrected chi connectivity index (χ0v) is 11.2. The molecular formula is C14H23N3. The maximum atomic E-state index is 4.62. The summed E-state index contributed by atoms with van der Waals surface area (Å²) in [5.41, 5.74) is 2.56. The van der Waals surface area contributed by atoms with Gasteiger partial charge in [0.25, 0.3) is 0 Å². The molecule has 1 aromatic heterocycles. The number of anilines is 1. The minimum atomic E-state index is 0.709. The average molecular weight is 233 g/mol. The predicted octanol–water partition coefficient (Wildman–Crippen LogP) is 2.49. The second-order valence-electron chi connectivity index (χ2n) is 4.96. The molecule has 0 amide bonds. The topological polar surface area (TPSA) is 28.2 Å². The molecular weight excluding hydrogens is 210 g/mol. The second kappa shape index (κ2) is 5.50. The Kier molecular flexibility index (Phi) is 4.00.